The number of benzene rings is 1. The molecule has 2 heterocycles. The number of nitrogens with zero attached hydrogens (tertiary/aromatic N) is 3. The van der Waals surface area contributed by atoms with Gasteiger partial charge in [-0.05, 0) is 26.0 Å². The van der Waals surface area contributed by atoms with Crippen molar-refractivity contribution in [1.82, 2.24) is 14.9 Å². The van der Waals surface area contributed by atoms with E-state index in [1.807, 2.05) is 13.8 Å². The number of piperidine rings is 1. The Balaban J connectivity index is 1.98. The molecule has 1 unspecified atom stereocenters. The molecule has 0 amide bonds. The zero-order valence-corrected chi connectivity index (χ0v) is 14.5. The maximum absolute atomic E-state index is 14.6. The molecular weight excluding hydrogens is 330 g/mol. The minimum absolute atomic E-state index is 0.0583. The number of fused-ring (bicyclic) bond motifs is 1. The van der Waals surface area contributed by atoms with Gasteiger partial charge >= 0.3 is 0 Å². The van der Waals surface area contributed by atoms with Crippen molar-refractivity contribution < 1.29 is 18.3 Å². The van der Waals surface area contributed by atoms with Gasteiger partial charge in [-0.1, -0.05) is 0 Å². The Bertz CT molecular complexity index is 770. The van der Waals surface area contributed by atoms with Gasteiger partial charge in [0.1, 0.15) is 12.1 Å². The van der Waals surface area contributed by atoms with Crippen LogP contribution in [0.5, 0.6) is 11.5 Å². The second-order valence-electron chi connectivity index (χ2n) is 6.47. The number of alkyl halides is 2. The molecule has 1 fully saturated rings. The van der Waals surface area contributed by atoms with Crippen LogP contribution in [0.4, 0.5) is 14.6 Å². The number of rotatable bonds is 4. The fraction of sp³-hybridized carbons (Fsp3) is 0.529. The van der Waals surface area contributed by atoms with Crippen LogP contribution in [0.1, 0.15) is 20.3 Å². The van der Waals surface area contributed by atoms with Crippen LogP contribution in [0.2, 0.25) is 0 Å². The standard InChI is InChI=1S/C17H22F2N4O2/c1-10(2)23-7-6-13(17(18,19)8-23)25-15-12(24-3)5-4-11-14(15)16(20)22-9-21-11/h4-5,9-10,13H,6-8H2,1-3H3,(H2,20,21,22). The third kappa shape index (κ3) is 3.30. The third-order valence-electron chi connectivity index (χ3n) is 4.52. The molecule has 0 saturated carbocycles. The molecule has 3 rings (SSSR count). The Kier molecular flexibility index (Phi) is 4.64. The molecule has 1 aliphatic rings. The predicted molar refractivity (Wildman–Crippen MR) is 91.2 cm³/mol. The largest absolute Gasteiger partial charge is 0.493 e. The molecule has 1 aromatic carbocycles. The zero-order chi connectivity index (χ0) is 18.2. The molecular formula is C17H22F2N4O2. The molecule has 2 aromatic rings. The highest BCUT2D eigenvalue weighted by molar-refractivity contribution is 5.95. The zero-order valence-electron chi connectivity index (χ0n) is 14.5. The van der Waals surface area contributed by atoms with Crippen LogP contribution < -0.4 is 15.2 Å². The lowest BCUT2D eigenvalue weighted by atomic mass is 10.0. The quantitative estimate of drug-likeness (QED) is 0.912. The minimum Gasteiger partial charge on any atom is -0.493 e. The molecule has 8 heteroatoms. The van der Waals surface area contributed by atoms with Gasteiger partial charge in [-0.3, -0.25) is 4.90 Å². The molecule has 25 heavy (non-hydrogen) atoms. The van der Waals surface area contributed by atoms with E-state index in [0.717, 1.165) is 0 Å². The number of ether oxygens (including phenoxy) is 2. The first-order valence-corrected chi connectivity index (χ1v) is 8.19. The summed E-state index contributed by atoms with van der Waals surface area (Å²) in [5.74, 6) is -2.32. The van der Waals surface area contributed by atoms with E-state index in [9.17, 15) is 8.78 Å². The molecule has 1 aromatic heterocycles. The molecule has 6 nitrogen and oxygen atoms in total. The summed E-state index contributed by atoms with van der Waals surface area (Å²) < 4.78 is 40.3. The topological polar surface area (TPSA) is 73.5 Å². The molecule has 2 N–H and O–H groups in total. The Hall–Kier alpha value is -2.22. The van der Waals surface area contributed by atoms with Crippen molar-refractivity contribution in [2.45, 2.75) is 38.3 Å². The van der Waals surface area contributed by atoms with Crippen molar-refractivity contribution in [1.29, 1.82) is 0 Å². The van der Waals surface area contributed by atoms with Crippen molar-refractivity contribution in [3.8, 4) is 11.5 Å². The van der Waals surface area contributed by atoms with Gasteiger partial charge in [-0.25, -0.2) is 18.7 Å². The summed E-state index contributed by atoms with van der Waals surface area (Å²) in [7, 11) is 1.45. The second kappa shape index (κ2) is 6.59. The maximum Gasteiger partial charge on any atom is 0.296 e. The lowest BCUT2D eigenvalue weighted by Gasteiger charge is -2.40. The van der Waals surface area contributed by atoms with E-state index in [0.29, 0.717) is 23.2 Å². The molecule has 1 atom stereocenters. The number of aromatic nitrogens is 2. The number of likely N-dealkylation sites (tertiary alicyclic amines) is 1. The van der Waals surface area contributed by atoms with E-state index in [1.54, 1.807) is 17.0 Å². The molecule has 1 aliphatic heterocycles. The number of anilines is 1. The van der Waals surface area contributed by atoms with E-state index in [1.165, 1.54) is 13.4 Å². The van der Waals surface area contributed by atoms with Crippen molar-refractivity contribution >= 4 is 16.7 Å². The fourth-order valence-electron chi connectivity index (χ4n) is 3.08. The SMILES string of the molecule is COc1ccc2ncnc(N)c2c1OC1CCN(C(C)C)CC1(F)F. The summed E-state index contributed by atoms with van der Waals surface area (Å²) in [5, 5.41) is 0.393. The normalized spacial score (nSPS) is 20.8. The summed E-state index contributed by atoms with van der Waals surface area (Å²) in [6.45, 7) is 4.01. The lowest BCUT2D eigenvalue weighted by molar-refractivity contribution is -0.144. The lowest BCUT2D eigenvalue weighted by Crippen LogP contribution is -2.55. The minimum atomic E-state index is -2.99. The monoisotopic (exact) mass is 352 g/mol. The van der Waals surface area contributed by atoms with E-state index < -0.39 is 12.0 Å². The van der Waals surface area contributed by atoms with Crippen molar-refractivity contribution in [2.24, 2.45) is 0 Å². The highest BCUT2D eigenvalue weighted by Crippen LogP contribution is 2.41. The highest BCUT2D eigenvalue weighted by atomic mass is 19.3. The summed E-state index contributed by atoms with van der Waals surface area (Å²) in [6, 6.07) is 3.38. The Morgan fingerprint density at radius 3 is 2.72 bits per heavy atom. The summed E-state index contributed by atoms with van der Waals surface area (Å²) >= 11 is 0. The number of hydrogen-bond acceptors (Lipinski definition) is 6. The van der Waals surface area contributed by atoms with Crippen LogP contribution in [-0.4, -0.2) is 53.1 Å². The van der Waals surface area contributed by atoms with Gasteiger partial charge < -0.3 is 15.2 Å². The highest BCUT2D eigenvalue weighted by Gasteiger charge is 2.47. The van der Waals surface area contributed by atoms with E-state index in [-0.39, 0.29) is 30.6 Å². The van der Waals surface area contributed by atoms with E-state index in [4.69, 9.17) is 15.2 Å². The fourth-order valence-corrected chi connectivity index (χ4v) is 3.08. The average Bonchev–Trinajstić information content (AvgIpc) is 2.56. The van der Waals surface area contributed by atoms with Crippen LogP contribution in [0.15, 0.2) is 18.5 Å². The smallest absolute Gasteiger partial charge is 0.296 e. The van der Waals surface area contributed by atoms with E-state index in [2.05, 4.69) is 9.97 Å². The van der Waals surface area contributed by atoms with Gasteiger partial charge in [-0.2, -0.15) is 0 Å². The van der Waals surface area contributed by atoms with Gasteiger partial charge in [0.15, 0.2) is 17.6 Å². The van der Waals surface area contributed by atoms with Crippen molar-refractivity contribution in [3.63, 3.8) is 0 Å². The van der Waals surface area contributed by atoms with Gasteiger partial charge in [0, 0.05) is 19.0 Å². The third-order valence-corrected chi connectivity index (χ3v) is 4.52. The van der Waals surface area contributed by atoms with Gasteiger partial charge in [0.2, 0.25) is 0 Å². The van der Waals surface area contributed by atoms with Crippen LogP contribution in [-0.2, 0) is 0 Å². The first kappa shape index (κ1) is 17.6. The number of hydrogen-bond donors (Lipinski definition) is 1. The molecule has 136 valence electrons. The Morgan fingerprint density at radius 2 is 2.08 bits per heavy atom. The summed E-state index contributed by atoms with van der Waals surface area (Å²) in [5.41, 5.74) is 6.45. The Morgan fingerprint density at radius 1 is 1.32 bits per heavy atom. The number of halogens is 2. The van der Waals surface area contributed by atoms with E-state index >= 15 is 0 Å². The number of nitrogen functional groups attached to an aromatic ring is 1. The van der Waals surface area contributed by atoms with Gasteiger partial charge in [0.25, 0.3) is 5.92 Å². The van der Waals surface area contributed by atoms with Gasteiger partial charge in [-0.15, -0.1) is 0 Å². The maximum atomic E-state index is 14.6. The number of methoxy groups -OCH3 is 1. The molecule has 0 radical (unpaired) electrons. The predicted octanol–water partition coefficient (Wildman–Crippen LogP) is 2.72. The van der Waals surface area contributed by atoms with Crippen LogP contribution in [0, 0.1) is 0 Å². The van der Waals surface area contributed by atoms with Crippen LogP contribution in [0.3, 0.4) is 0 Å². The molecule has 1 saturated heterocycles. The molecule has 0 bridgehead atoms. The first-order chi connectivity index (χ1) is 11.8. The molecule has 0 spiro atoms. The van der Waals surface area contributed by atoms with Crippen molar-refractivity contribution in [3.05, 3.63) is 18.5 Å². The molecule has 0 aliphatic carbocycles. The van der Waals surface area contributed by atoms with Crippen LogP contribution in [0.25, 0.3) is 10.9 Å². The summed E-state index contributed by atoms with van der Waals surface area (Å²) in [4.78, 5) is 9.81. The summed E-state index contributed by atoms with van der Waals surface area (Å²) in [6.07, 6.45) is 0.267. The Labute approximate surface area is 144 Å². The first-order valence-electron chi connectivity index (χ1n) is 8.19. The average molecular weight is 352 g/mol. The van der Waals surface area contributed by atoms with Crippen LogP contribution >= 0.6 is 0 Å². The van der Waals surface area contributed by atoms with Gasteiger partial charge in [0.05, 0.1) is 24.6 Å². The second-order valence-corrected chi connectivity index (χ2v) is 6.47. The number of nitrogens with two attached hydrogens (primary N) is 1. The van der Waals surface area contributed by atoms with Crippen molar-refractivity contribution in [2.75, 3.05) is 25.9 Å².